The summed E-state index contributed by atoms with van der Waals surface area (Å²) < 4.78 is 7.41. The highest BCUT2D eigenvalue weighted by Gasteiger charge is 2.25. The van der Waals surface area contributed by atoms with Gasteiger partial charge in [0.1, 0.15) is 11.4 Å². The van der Waals surface area contributed by atoms with Crippen LogP contribution in [0.2, 0.25) is 0 Å². The van der Waals surface area contributed by atoms with E-state index in [1.54, 1.807) is 7.11 Å². The molecule has 1 aromatic carbocycles. The Balaban J connectivity index is 1.32. The highest BCUT2D eigenvalue weighted by Crippen LogP contribution is 2.20. The fraction of sp³-hybridized carbons (Fsp3) is 0.524. The number of methoxy groups -OCH3 is 1. The predicted octanol–water partition coefficient (Wildman–Crippen LogP) is 1.77. The van der Waals surface area contributed by atoms with Gasteiger partial charge in [0.05, 0.1) is 13.2 Å². The van der Waals surface area contributed by atoms with Crippen molar-refractivity contribution in [1.29, 1.82) is 0 Å². The van der Waals surface area contributed by atoms with Crippen LogP contribution in [0.1, 0.15) is 34.9 Å². The molecule has 7 nitrogen and oxygen atoms in total. The Kier molecular flexibility index (Phi) is 5.92. The Morgan fingerprint density at radius 1 is 1.21 bits per heavy atom. The number of piperidine rings is 1. The number of carbonyl (C=O) groups excluding carboxylic acids is 1. The van der Waals surface area contributed by atoms with Gasteiger partial charge in [-0.25, -0.2) is 0 Å². The number of nitrogens with zero attached hydrogens (tertiary/aromatic N) is 4. The molecule has 2 aliphatic heterocycles. The van der Waals surface area contributed by atoms with E-state index in [1.807, 2.05) is 40.0 Å². The average molecular weight is 383 g/mol. The van der Waals surface area contributed by atoms with E-state index in [2.05, 4.69) is 21.4 Å². The van der Waals surface area contributed by atoms with Crippen LogP contribution in [0.15, 0.2) is 36.5 Å². The quantitative estimate of drug-likeness (QED) is 0.853. The monoisotopic (exact) mass is 383 g/mol. The second-order valence-corrected chi connectivity index (χ2v) is 7.56. The number of para-hydroxylation sites is 1. The van der Waals surface area contributed by atoms with Gasteiger partial charge in [0.25, 0.3) is 5.91 Å². The molecular formula is C21H29N5O2. The van der Waals surface area contributed by atoms with Gasteiger partial charge in [0, 0.05) is 51.0 Å². The van der Waals surface area contributed by atoms with Gasteiger partial charge in [-0.2, -0.15) is 5.10 Å². The summed E-state index contributed by atoms with van der Waals surface area (Å²) in [4.78, 5) is 17.1. The molecule has 1 atom stereocenters. The van der Waals surface area contributed by atoms with Gasteiger partial charge in [-0.15, -0.1) is 0 Å². The summed E-state index contributed by atoms with van der Waals surface area (Å²) in [6.45, 7) is 6.01. The number of hydrogen-bond acceptors (Lipinski definition) is 5. The van der Waals surface area contributed by atoms with Crippen molar-refractivity contribution in [2.75, 3.05) is 46.4 Å². The zero-order valence-electron chi connectivity index (χ0n) is 16.5. The number of carbonyl (C=O) groups is 1. The zero-order valence-corrected chi connectivity index (χ0v) is 16.5. The van der Waals surface area contributed by atoms with Crippen molar-refractivity contribution >= 4 is 5.91 Å². The summed E-state index contributed by atoms with van der Waals surface area (Å²) in [5.74, 6) is 0.961. The van der Waals surface area contributed by atoms with Crippen molar-refractivity contribution in [3.8, 4) is 5.75 Å². The first-order chi connectivity index (χ1) is 13.7. The Bertz CT molecular complexity index is 792. The molecule has 0 aliphatic carbocycles. The minimum atomic E-state index is 0.0412. The molecule has 3 heterocycles. The molecule has 2 fully saturated rings. The van der Waals surface area contributed by atoms with Crippen molar-refractivity contribution in [3.63, 3.8) is 0 Å². The maximum absolute atomic E-state index is 12.9. The molecule has 150 valence electrons. The number of amides is 1. The molecule has 2 aliphatic rings. The zero-order chi connectivity index (χ0) is 19.3. The van der Waals surface area contributed by atoms with Gasteiger partial charge >= 0.3 is 0 Å². The van der Waals surface area contributed by atoms with E-state index in [9.17, 15) is 4.79 Å². The number of ether oxygens (including phenoxy) is 1. The van der Waals surface area contributed by atoms with E-state index in [-0.39, 0.29) is 5.91 Å². The van der Waals surface area contributed by atoms with E-state index in [4.69, 9.17) is 4.74 Å². The lowest BCUT2D eigenvalue weighted by atomic mass is 10.1. The van der Waals surface area contributed by atoms with Crippen LogP contribution < -0.4 is 10.1 Å². The van der Waals surface area contributed by atoms with Crippen molar-refractivity contribution in [2.24, 2.45) is 0 Å². The largest absolute Gasteiger partial charge is 0.496 e. The molecule has 0 radical (unpaired) electrons. The number of rotatable bonds is 5. The van der Waals surface area contributed by atoms with Crippen LogP contribution >= 0.6 is 0 Å². The lowest BCUT2D eigenvalue weighted by molar-refractivity contribution is 0.0620. The smallest absolute Gasteiger partial charge is 0.274 e. The highest BCUT2D eigenvalue weighted by molar-refractivity contribution is 5.92. The van der Waals surface area contributed by atoms with Crippen LogP contribution in [0.25, 0.3) is 0 Å². The fourth-order valence-electron chi connectivity index (χ4n) is 4.06. The number of hydrogen-bond donors (Lipinski definition) is 1. The molecule has 0 saturated carbocycles. The third kappa shape index (κ3) is 4.20. The lowest BCUT2D eigenvalue weighted by Crippen LogP contribution is -2.48. The number of piperazine rings is 1. The lowest BCUT2D eigenvalue weighted by Gasteiger charge is -2.34. The van der Waals surface area contributed by atoms with E-state index in [0.717, 1.165) is 64.4 Å². The summed E-state index contributed by atoms with van der Waals surface area (Å²) in [5, 5.41) is 7.97. The van der Waals surface area contributed by atoms with Crippen molar-refractivity contribution in [3.05, 3.63) is 47.8 Å². The summed E-state index contributed by atoms with van der Waals surface area (Å²) in [6.07, 6.45) is 4.22. The van der Waals surface area contributed by atoms with Crippen molar-refractivity contribution < 1.29 is 9.53 Å². The van der Waals surface area contributed by atoms with Gasteiger partial charge in [0.2, 0.25) is 0 Å². The summed E-state index contributed by atoms with van der Waals surface area (Å²) in [5.41, 5.74) is 1.74. The molecule has 4 rings (SSSR count). The first kappa shape index (κ1) is 19.0. The Morgan fingerprint density at radius 2 is 2.04 bits per heavy atom. The first-order valence-electron chi connectivity index (χ1n) is 10.1. The molecule has 1 aromatic heterocycles. The van der Waals surface area contributed by atoms with Gasteiger partial charge in [-0.05, 0) is 31.5 Å². The topological polar surface area (TPSA) is 62.6 Å². The van der Waals surface area contributed by atoms with Crippen LogP contribution in [0.3, 0.4) is 0 Å². The summed E-state index contributed by atoms with van der Waals surface area (Å²) >= 11 is 0. The van der Waals surface area contributed by atoms with Crippen LogP contribution in [-0.4, -0.2) is 71.9 Å². The summed E-state index contributed by atoms with van der Waals surface area (Å²) in [6, 6.07) is 10.3. The van der Waals surface area contributed by atoms with Gasteiger partial charge in [-0.3, -0.25) is 14.4 Å². The fourth-order valence-corrected chi connectivity index (χ4v) is 4.06. The van der Waals surface area contributed by atoms with Crippen LogP contribution in [0, 0.1) is 0 Å². The van der Waals surface area contributed by atoms with Gasteiger partial charge in [-0.1, -0.05) is 18.2 Å². The SMILES string of the molecule is COc1ccccc1CN1CCN(C(=O)c2ccn(C3CCCNC3)n2)CC1. The Morgan fingerprint density at radius 3 is 2.79 bits per heavy atom. The first-order valence-corrected chi connectivity index (χ1v) is 10.1. The predicted molar refractivity (Wildman–Crippen MR) is 108 cm³/mol. The third-order valence-electron chi connectivity index (χ3n) is 5.72. The molecule has 1 amide bonds. The van der Waals surface area contributed by atoms with Gasteiger partial charge < -0.3 is 15.0 Å². The Hall–Kier alpha value is -2.38. The maximum atomic E-state index is 12.9. The van der Waals surface area contributed by atoms with E-state index in [1.165, 1.54) is 5.56 Å². The third-order valence-corrected chi connectivity index (χ3v) is 5.72. The highest BCUT2D eigenvalue weighted by atomic mass is 16.5. The molecule has 7 heteroatoms. The molecule has 0 spiro atoms. The molecule has 28 heavy (non-hydrogen) atoms. The van der Waals surface area contributed by atoms with Crippen LogP contribution in [0.4, 0.5) is 0 Å². The average Bonchev–Trinajstić information content (AvgIpc) is 3.25. The number of nitrogens with one attached hydrogen (secondary N) is 1. The standard InChI is InChI=1S/C21H29N5O2/c1-28-20-7-3-2-5-17(20)16-24-11-13-25(14-12-24)21(27)19-8-10-26(23-19)18-6-4-9-22-15-18/h2-3,5,7-8,10,18,22H,4,6,9,11-16H2,1H3. The minimum absolute atomic E-state index is 0.0412. The normalized spacial score (nSPS) is 20.9. The summed E-state index contributed by atoms with van der Waals surface area (Å²) in [7, 11) is 1.71. The van der Waals surface area contributed by atoms with Crippen molar-refractivity contribution in [2.45, 2.75) is 25.4 Å². The second-order valence-electron chi connectivity index (χ2n) is 7.56. The number of benzene rings is 1. The van der Waals surface area contributed by atoms with Crippen LogP contribution in [-0.2, 0) is 6.54 Å². The Labute approximate surface area is 166 Å². The molecule has 0 bridgehead atoms. The van der Waals surface area contributed by atoms with Crippen LogP contribution in [0.5, 0.6) is 5.75 Å². The minimum Gasteiger partial charge on any atom is -0.496 e. The number of aromatic nitrogens is 2. The molecular weight excluding hydrogens is 354 g/mol. The van der Waals surface area contributed by atoms with Gasteiger partial charge in [0.15, 0.2) is 0 Å². The van der Waals surface area contributed by atoms with Crippen molar-refractivity contribution in [1.82, 2.24) is 24.9 Å². The maximum Gasteiger partial charge on any atom is 0.274 e. The molecule has 2 saturated heterocycles. The molecule has 1 N–H and O–H groups in total. The molecule has 1 unspecified atom stereocenters. The second kappa shape index (κ2) is 8.75. The van der Waals surface area contributed by atoms with E-state index >= 15 is 0 Å². The molecule has 2 aromatic rings. The van der Waals surface area contributed by atoms with E-state index < -0.39 is 0 Å². The van der Waals surface area contributed by atoms with E-state index in [0.29, 0.717) is 11.7 Å².